The summed E-state index contributed by atoms with van der Waals surface area (Å²) in [5.41, 5.74) is -0.466. The van der Waals surface area contributed by atoms with Gasteiger partial charge in [-0.2, -0.15) is 0 Å². The first-order chi connectivity index (χ1) is 9.10. The Hall–Kier alpha value is -1.36. The fraction of sp³-hybridized carbons (Fsp3) is 0.571. The molecule has 0 saturated heterocycles. The predicted octanol–water partition coefficient (Wildman–Crippen LogP) is 2.58. The Balaban J connectivity index is 1.72. The van der Waals surface area contributed by atoms with E-state index in [4.69, 9.17) is 5.11 Å². The Morgan fingerprint density at radius 2 is 2.21 bits per heavy atom. The number of nitrogens with one attached hydrogen (secondary N) is 1. The molecule has 1 aromatic rings. The normalized spacial score (nSPS) is 16.6. The number of carbonyl (C=O) groups excluding carboxylic acids is 1. The van der Waals surface area contributed by atoms with Crippen LogP contribution in [0.15, 0.2) is 17.5 Å². The van der Waals surface area contributed by atoms with Crippen LogP contribution >= 0.6 is 11.3 Å². The van der Waals surface area contributed by atoms with Crippen molar-refractivity contribution in [2.24, 2.45) is 0 Å². The highest BCUT2D eigenvalue weighted by Crippen LogP contribution is 2.35. The van der Waals surface area contributed by atoms with E-state index in [1.54, 1.807) is 11.3 Å². The third kappa shape index (κ3) is 4.06. The Kier molecular flexibility index (Phi) is 4.58. The maximum absolute atomic E-state index is 11.9. The van der Waals surface area contributed by atoms with E-state index in [9.17, 15) is 9.59 Å². The molecule has 0 bridgehead atoms. The lowest BCUT2D eigenvalue weighted by Gasteiger charge is -2.41. The van der Waals surface area contributed by atoms with E-state index in [0.29, 0.717) is 6.42 Å². The largest absolute Gasteiger partial charge is 0.481 e. The summed E-state index contributed by atoms with van der Waals surface area (Å²) in [6.07, 6.45) is 4.82. The number of aryl methyl sites for hydroxylation is 1. The monoisotopic (exact) mass is 281 g/mol. The molecule has 1 saturated carbocycles. The van der Waals surface area contributed by atoms with E-state index in [1.165, 1.54) is 4.88 Å². The van der Waals surface area contributed by atoms with E-state index < -0.39 is 11.5 Å². The Morgan fingerprint density at radius 3 is 2.74 bits per heavy atom. The second-order valence-electron chi connectivity index (χ2n) is 5.19. The van der Waals surface area contributed by atoms with E-state index in [2.05, 4.69) is 11.4 Å². The summed E-state index contributed by atoms with van der Waals surface area (Å²) in [5, 5.41) is 13.8. The zero-order valence-electron chi connectivity index (χ0n) is 10.9. The number of hydrogen-bond acceptors (Lipinski definition) is 3. The minimum absolute atomic E-state index is 0.0162. The third-order valence-corrected chi connectivity index (χ3v) is 4.55. The maximum atomic E-state index is 11.9. The molecule has 104 valence electrons. The van der Waals surface area contributed by atoms with Gasteiger partial charge in [0.1, 0.15) is 0 Å². The molecule has 1 fully saturated rings. The number of amides is 1. The Bertz CT molecular complexity index is 438. The van der Waals surface area contributed by atoms with Gasteiger partial charge in [0.05, 0.1) is 12.0 Å². The number of carbonyl (C=O) groups is 2. The fourth-order valence-corrected chi connectivity index (χ4v) is 3.23. The van der Waals surface area contributed by atoms with Crippen LogP contribution in [0.25, 0.3) is 0 Å². The number of aliphatic carboxylic acids is 1. The highest BCUT2D eigenvalue weighted by atomic mass is 32.1. The first-order valence-corrected chi connectivity index (χ1v) is 7.53. The average Bonchev–Trinajstić information content (AvgIpc) is 2.78. The van der Waals surface area contributed by atoms with Crippen molar-refractivity contribution in [3.63, 3.8) is 0 Å². The summed E-state index contributed by atoms with van der Waals surface area (Å²) in [5.74, 6) is -0.851. The number of carboxylic acid groups (broad SMARTS) is 1. The van der Waals surface area contributed by atoms with Crippen molar-refractivity contribution in [3.05, 3.63) is 22.4 Å². The van der Waals surface area contributed by atoms with Gasteiger partial charge in [0, 0.05) is 11.3 Å². The van der Waals surface area contributed by atoms with Crippen LogP contribution < -0.4 is 5.32 Å². The quantitative estimate of drug-likeness (QED) is 0.807. The van der Waals surface area contributed by atoms with Crippen molar-refractivity contribution >= 4 is 23.2 Å². The van der Waals surface area contributed by atoms with Crippen LogP contribution in [0.1, 0.15) is 43.4 Å². The van der Waals surface area contributed by atoms with E-state index in [1.807, 2.05) is 11.4 Å². The van der Waals surface area contributed by atoms with Gasteiger partial charge in [0.25, 0.3) is 0 Å². The lowest BCUT2D eigenvalue weighted by atomic mass is 9.74. The zero-order valence-corrected chi connectivity index (χ0v) is 11.7. The number of rotatable bonds is 7. The molecule has 1 heterocycles. The van der Waals surface area contributed by atoms with Crippen LogP contribution in [-0.2, 0) is 16.0 Å². The molecule has 0 aliphatic heterocycles. The molecule has 0 aromatic carbocycles. The molecule has 0 atom stereocenters. The van der Waals surface area contributed by atoms with Gasteiger partial charge in [-0.05, 0) is 43.6 Å². The van der Waals surface area contributed by atoms with Crippen LogP contribution in [0.4, 0.5) is 0 Å². The predicted molar refractivity (Wildman–Crippen MR) is 74.2 cm³/mol. The SMILES string of the molecule is O=C(O)CC1(NC(=O)CCCc2cccs2)CCC1. The molecule has 1 aliphatic carbocycles. The summed E-state index contributed by atoms with van der Waals surface area (Å²) in [6, 6.07) is 4.08. The molecule has 1 amide bonds. The standard InChI is InChI=1S/C14H19NO3S/c16-12(6-1-4-11-5-2-9-19-11)15-14(7-3-8-14)10-13(17)18/h2,5,9H,1,3-4,6-8,10H2,(H,15,16)(H,17,18). The van der Waals surface area contributed by atoms with Gasteiger partial charge < -0.3 is 10.4 Å². The van der Waals surface area contributed by atoms with Crippen molar-refractivity contribution < 1.29 is 14.7 Å². The van der Waals surface area contributed by atoms with Crippen molar-refractivity contribution in [2.45, 2.75) is 50.5 Å². The first-order valence-electron chi connectivity index (χ1n) is 6.65. The smallest absolute Gasteiger partial charge is 0.305 e. The zero-order chi connectivity index (χ0) is 13.7. The second-order valence-corrected chi connectivity index (χ2v) is 6.22. The van der Waals surface area contributed by atoms with Crippen LogP contribution in [0.2, 0.25) is 0 Å². The lowest BCUT2D eigenvalue weighted by molar-refractivity contribution is -0.140. The molecule has 2 rings (SSSR count). The number of carboxylic acids is 1. The average molecular weight is 281 g/mol. The minimum atomic E-state index is -0.835. The number of thiophene rings is 1. The topological polar surface area (TPSA) is 66.4 Å². The molecule has 4 nitrogen and oxygen atoms in total. The van der Waals surface area contributed by atoms with Crippen LogP contribution in [0, 0.1) is 0 Å². The second kappa shape index (κ2) is 6.19. The van der Waals surface area contributed by atoms with Crippen molar-refractivity contribution in [1.82, 2.24) is 5.32 Å². The Morgan fingerprint density at radius 1 is 1.42 bits per heavy atom. The van der Waals surface area contributed by atoms with Crippen molar-refractivity contribution in [1.29, 1.82) is 0 Å². The minimum Gasteiger partial charge on any atom is -0.481 e. The van der Waals surface area contributed by atoms with Crippen LogP contribution in [0.3, 0.4) is 0 Å². The summed E-state index contributed by atoms with van der Waals surface area (Å²) in [6.45, 7) is 0. The van der Waals surface area contributed by atoms with E-state index >= 15 is 0 Å². The summed E-state index contributed by atoms with van der Waals surface area (Å²) in [7, 11) is 0. The van der Waals surface area contributed by atoms with Gasteiger partial charge in [0.15, 0.2) is 0 Å². The van der Waals surface area contributed by atoms with Crippen molar-refractivity contribution in [3.8, 4) is 0 Å². The van der Waals surface area contributed by atoms with Gasteiger partial charge in [-0.3, -0.25) is 9.59 Å². The third-order valence-electron chi connectivity index (χ3n) is 3.61. The molecule has 1 aromatic heterocycles. The van der Waals surface area contributed by atoms with Crippen molar-refractivity contribution in [2.75, 3.05) is 0 Å². The number of hydrogen-bond donors (Lipinski definition) is 2. The summed E-state index contributed by atoms with van der Waals surface area (Å²) < 4.78 is 0. The van der Waals surface area contributed by atoms with E-state index in [0.717, 1.165) is 32.1 Å². The van der Waals surface area contributed by atoms with Crippen LogP contribution in [-0.4, -0.2) is 22.5 Å². The molecule has 2 N–H and O–H groups in total. The van der Waals surface area contributed by atoms with E-state index in [-0.39, 0.29) is 12.3 Å². The Labute approximate surface area is 116 Å². The molecule has 5 heteroatoms. The molecular formula is C14H19NO3S. The summed E-state index contributed by atoms with van der Waals surface area (Å²) >= 11 is 1.70. The molecular weight excluding hydrogens is 262 g/mol. The lowest BCUT2D eigenvalue weighted by Crippen LogP contribution is -2.54. The van der Waals surface area contributed by atoms with Gasteiger partial charge in [-0.25, -0.2) is 0 Å². The van der Waals surface area contributed by atoms with Crippen LogP contribution in [0.5, 0.6) is 0 Å². The molecule has 0 radical (unpaired) electrons. The van der Waals surface area contributed by atoms with Gasteiger partial charge >= 0.3 is 5.97 Å². The highest BCUT2D eigenvalue weighted by Gasteiger charge is 2.40. The highest BCUT2D eigenvalue weighted by molar-refractivity contribution is 7.09. The molecule has 19 heavy (non-hydrogen) atoms. The maximum Gasteiger partial charge on any atom is 0.305 e. The molecule has 1 aliphatic rings. The first kappa shape index (κ1) is 14.1. The van der Waals surface area contributed by atoms with Gasteiger partial charge in [-0.1, -0.05) is 6.07 Å². The fourth-order valence-electron chi connectivity index (χ4n) is 2.48. The molecule has 0 spiro atoms. The van der Waals surface area contributed by atoms with Gasteiger partial charge in [-0.15, -0.1) is 11.3 Å². The van der Waals surface area contributed by atoms with Gasteiger partial charge in [0.2, 0.25) is 5.91 Å². The summed E-state index contributed by atoms with van der Waals surface area (Å²) in [4.78, 5) is 24.0. The molecule has 0 unspecified atom stereocenters.